The lowest BCUT2D eigenvalue weighted by Gasteiger charge is -2.49. The SMILES string of the molecule is CS(=O)(=O)N1CC[C@]2(O)CCN(C(=O)Cc3ccncc3)C[C@@H]2C1. The third-order valence-corrected chi connectivity index (χ3v) is 6.43. The Labute approximate surface area is 142 Å². The maximum atomic E-state index is 12.5. The quantitative estimate of drug-likeness (QED) is 0.817. The fourth-order valence-corrected chi connectivity index (χ4v) is 4.46. The smallest absolute Gasteiger partial charge is 0.227 e. The molecule has 132 valence electrons. The minimum Gasteiger partial charge on any atom is -0.389 e. The number of sulfonamides is 1. The molecule has 0 unspecified atom stereocenters. The number of aliphatic hydroxyl groups is 1. The van der Waals surface area contributed by atoms with Crippen molar-refractivity contribution in [3.63, 3.8) is 0 Å². The summed E-state index contributed by atoms with van der Waals surface area (Å²) >= 11 is 0. The average molecular weight is 353 g/mol. The van der Waals surface area contributed by atoms with Crippen molar-refractivity contribution in [3.05, 3.63) is 30.1 Å². The molecule has 0 radical (unpaired) electrons. The van der Waals surface area contributed by atoms with Crippen molar-refractivity contribution in [1.82, 2.24) is 14.2 Å². The number of hydrogen-bond donors (Lipinski definition) is 1. The number of piperidine rings is 2. The second-order valence-corrected chi connectivity index (χ2v) is 8.78. The Morgan fingerprint density at radius 3 is 2.62 bits per heavy atom. The second kappa shape index (κ2) is 6.42. The first-order valence-electron chi connectivity index (χ1n) is 8.12. The molecule has 1 aromatic rings. The highest BCUT2D eigenvalue weighted by molar-refractivity contribution is 7.88. The molecule has 2 aliphatic rings. The third-order valence-electron chi connectivity index (χ3n) is 5.16. The Morgan fingerprint density at radius 2 is 1.96 bits per heavy atom. The van der Waals surface area contributed by atoms with Crippen molar-refractivity contribution in [2.75, 3.05) is 32.4 Å². The number of nitrogens with zero attached hydrogens (tertiary/aromatic N) is 3. The van der Waals surface area contributed by atoms with Crippen LogP contribution in [0.1, 0.15) is 18.4 Å². The van der Waals surface area contributed by atoms with E-state index in [-0.39, 0.29) is 18.4 Å². The molecule has 2 atom stereocenters. The number of carbonyl (C=O) groups excluding carboxylic acids is 1. The molecular formula is C16H23N3O4S. The summed E-state index contributed by atoms with van der Waals surface area (Å²) in [5, 5.41) is 10.8. The van der Waals surface area contributed by atoms with Crippen molar-refractivity contribution in [2.24, 2.45) is 5.92 Å². The molecule has 0 saturated carbocycles. The van der Waals surface area contributed by atoms with Gasteiger partial charge in [0.05, 0.1) is 18.3 Å². The number of aromatic nitrogens is 1. The van der Waals surface area contributed by atoms with Gasteiger partial charge in [0, 0.05) is 44.5 Å². The predicted molar refractivity (Wildman–Crippen MR) is 88.6 cm³/mol. The lowest BCUT2D eigenvalue weighted by atomic mass is 9.76. The Balaban J connectivity index is 1.68. The van der Waals surface area contributed by atoms with E-state index < -0.39 is 15.6 Å². The van der Waals surface area contributed by atoms with Gasteiger partial charge < -0.3 is 10.0 Å². The normalized spacial score (nSPS) is 28.4. The van der Waals surface area contributed by atoms with Crippen molar-refractivity contribution in [3.8, 4) is 0 Å². The predicted octanol–water partition coefficient (Wildman–Crippen LogP) is -0.131. The number of hydrogen-bond acceptors (Lipinski definition) is 5. The zero-order valence-corrected chi connectivity index (χ0v) is 14.6. The van der Waals surface area contributed by atoms with Crippen LogP contribution in [0.4, 0.5) is 0 Å². The third kappa shape index (κ3) is 3.60. The molecule has 7 nitrogen and oxygen atoms in total. The van der Waals surface area contributed by atoms with E-state index in [4.69, 9.17) is 0 Å². The molecule has 8 heteroatoms. The van der Waals surface area contributed by atoms with Gasteiger partial charge in [-0.1, -0.05) is 0 Å². The van der Waals surface area contributed by atoms with Crippen LogP contribution in [-0.2, 0) is 21.2 Å². The maximum Gasteiger partial charge on any atom is 0.227 e. The van der Waals surface area contributed by atoms with Gasteiger partial charge in [0.25, 0.3) is 0 Å². The molecule has 2 fully saturated rings. The van der Waals surface area contributed by atoms with E-state index in [1.54, 1.807) is 17.3 Å². The average Bonchev–Trinajstić information content (AvgIpc) is 2.53. The largest absolute Gasteiger partial charge is 0.389 e. The molecular weight excluding hydrogens is 330 g/mol. The highest BCUT2D eigenvalue weighted by Gasteiger charge is 2.47. The molecule has 0 aliphatic carbocycles. The van der Waals surface area contributed by atoms with Gasteiger partial charge in [-0.25, -0.2) is 12.7 Å². The number of amides is 1. The molecule has 1 amide bonds. The van der Waals surface area contributed by atoms with Crippen LogP contribution >= 0.6 is 0 Å². The number of carbonyl (C=O) groups is 1. The summed E-state index contributed by atoms with van der Waals surface area (Å²) in [4.78, 5) is 18.2. The molecule has 24 heavy (non-hydrogen) atoms. The molecule has 3 rings (SSSR count). The summed E-state index contributed by atoms with van der Waals surface area (Å²) in [6.07, 6.45) is 5.72. The van der Waals surface area contributed by atoms with Gasteiger partial charge >= 0.3 is 0 Å². The van der Waals surface area contributed by atoms with Gasteiger partial charge in [-0.2, -0.15) is 0 Å². The topological polar surface area (TPSA) is 90.8 Å². The van der Waals surface area contributed by atoms with Gasteiger partial charge in [-0.3, -0.25) is 9.78 Å². The highest BCUT2D eigenvalue weighted by Crippen LogP contribution is 2.36. The minimum atomic E-state index is -3.28. The molecule has 0 spiro atoms. The maximum absolute atomic E-state index is 12.5. The number of likely N-dealkylation sites (tertiary alicyclic amines) is 1. The fraction of sp³-hybridized carbons (Fsp3) is 0.625. The molecule has 3 heterocycles. The van der Waals surface area contributed by atoms with Crippen LogP contribution in [-0.4, -0.2) is 71.7 Å². The van der Waals surface area contributed by atoms with Crippen LogP contribution in [0.2, 0.25) is 0 Å². The van der Waals surface area contributed by atoms with Gasteiger partial charge in [-0.05, 0) is 30.5 Å². The van der Waals surface area contributed by atoms with Crippen LogP contribution in [0, 0.1) is 5.92 Å². The van der Waals surface area contributed by atoms with Crippen molar-refractivity contribution in [1.29, 1.82) is 0 Å². The van der Waals surface area contributed by atoms with Gasteiger partial charge in [-0.15, -0.1) is 0 Å². The van der Waals surface area contributed by atoms with E-state index in [0.717, 1.165) is 5.56 Å². The number of rotatable bonds is 3. The summed E-state index contributed by atoms with van der Waals surface area (Å²) in [6, 6.07) is 3.62. The van der Waals surface area contributed by atoms with Gasteiger partial charge in [0.1, 0.15) is 0 Å². The number of fused-ring (bicyclic) bond motifs is 1. The minimum absolute atomic E-state index is 0.000251. The van der Waals surface area contributed by atoms with Crippen LogP contribution in [0.25, 0.3) is 0 Å². The van der Waals surface area contributed by atoms with E-state index in [1.165, 1.54) is 10.6 Å². The van der Waals surface area contributed by atoms with Gasteiger partial charge in [0.15, 0.2) is 0 Å². The molecule has 0 bridgehead atoms. The van der Waals surface area contributed by atoms with E-state index in [9.17, 15) is 18.3 Å². The molecule has 1 N–H and O–H groups in total. The van der Waals surface area contributed by atoms with Crippen molar-refractivity contribution >= 4 is 15.9 Å². The van der Waals surface area contributed by atoms with E-state index in [2.05, 4.69) is 4.98 Å². The Bertz CT molecular complexity index is 709. The summed E-state index contributed by atoms with van der Waals surface area (Å²) in [7, 11) is -3.28. The molecule has 0 aromatic carbocycles. The van der Waals surface area contributed by atoms with Crippen molar-refractivity contribution in [2.45, 2.75) is 24.9 Å². The highest BCUT2D eigenvalue weighted by atomic mass is 32.2. The zero-order chi connectivity index (χ0) is 17.4. The second-order valence-electron chi connectivity index (χ2n) is 6.79. The summed E-state index contributed by atoms with van der Waals surface area (Å²) < 4.78 is 25.0. The number of pyridine rings is 1. The lowest BCUT2D eigenvalue weighted by Crippen LogP contribution is -2.61. The monoisotopic (exact) mass is 353 g/mol. The first-order chi connectivity index (χ1) is 11.3. The Kier molecular flexibility index (Phi) is 4.63. The summed E-state index contributed by atoms with van der Waals surface area (Å²) in [5.74, 6) is -0.240. The summed E-state index contributed by atoms with van der Waals surface area (Å²) in [5.41, 5.74) is 0.0338. The Hall–Kier alpha value is -1.51. The fourth-order valence-electron chi connectivity index (χ4n) is 3.59. The van der Waals surface area contributed by atoms with E-state index >= 15 is 0 Å². The first-order valence-corrected chi connectivity index (χ1v) is 9.97. The van der Waals surface area contributed by atoms with Crippen LogP contribution in [0.15, 0.2) is 24.5 Å². The standard InChI is InChI=1S/C16H23N3O4S/c1-24(22,23)19-9-5-16(21)4-8-18(11-14(16)12-19)15(20)10-13-2-6-17-7-3-13/h2-3,6-7,14,21H,4-5,8-12H2,1H3/t14-,16-/m1/s1. The molecule has 2 aliphatic heterocycles. The van der Waals surface area contributed by atoms with E-state index in [1.807, 2.05) is 12.1 Å². The van der Waals surface area contributed by atoms with Gasteiger partial charge in [0.2, 0.25) is 15.9 Å². The molecule has 1 aromatic heterocycles. The zero-order valence-electron chi connectivity index (χ0n) is 13.8. The van der Waals surface area contributed by atoms with Crippen LogP contribution in [0.3, 0.4) is 0 Å². The molecule has 2 saturated heterocycles. The van der Waals surface area contributed by atoms with Crippen molar-refractivity contribution < 1.29 is 18.3 Å². The summed E-state index contributed by atoms with van der Waals surface area (Å²) in [6.45, 7) is 1.52. The van der Waals surface area contributed by atoms with Crippen LogP contribution < -0.4 is 0 Å². The van der Waals surface area contributed by atoms with Crippen LogP contribution in [0.5, 0.6) is 0 Å². The Morgan fingerprint density at radius 1 is 1.29 bits per heavy atom. The van der Waals surface area contributed by atoms with E-state index in [0.29, 0.717) is 38.9 Å². The lowest BCUT2D eigenvalue weighted by molar-refractivity contribution is -0.143. The first kappa shape index (κ1) is 17.3.